The van der Waals surface area contributed by atoms with Gasteiger partial charge in [-0.2, -0.15) is 0 Å². The number of furan rings is 1. The minimum atomic E-state index is -3.74. The number of benzene rings is 2. The molecule has 0 amide bonds. The minimum absolute atomic E-state index is 0.0592. The van der Waals surface area contributed by atoms with Crippen LogP contribution in [0.1, 0.15) is 28.6 Å². The molecule has 2 N–H and O–H groups in total. The Labute approximate surface area is 163 Å². The molecule has 0 aliphatic carbocycles. The van der Waals surface area contributed by atoms with Gasteiger partial charge in [0.1, 0.15) is 11.3 Å². The van der Waals surface area contributed by atoms with Crippen LogP contribution in [0.15, 0.2) is 51.8 Å². The van der Waals surface area contributed by atoms with Crippen molar-refractivity contribution in [1.29, 1.82) is 0 Å². The predicted molar refractivity (Wildman–Crippen MR) is 104 cm³/mol. The Bertz CT molecular complexity index is 1120. The van der Waals surface area contributed by atoms with Gasteiger partial charge in [0.25, 0.3) is 0 Å². The van der Waals surface area contributed by atoms with Crippen LogP contribution < -0.4 is 9.46 Å². The zero-order valence-corrected chi connectivity index (χ0v) is 16.4. The highest BCUT2D eigenvalue weighted by atomic mass is 32.2. The Balaban J connectivity index is 1.75. The molecule has 7 nitrogen and oxygen atoms in total. The number of ether oxygens (including phenoxy) is 1. The molecule has 1 heterocycles. The largest absolute Gasteiger partial charge is 0.494 e. The van der Waals surface area contributed by atoms with Crippen molar-refractivity contribution >= 4 is 27.0 Å². The van der Waals surface area contributed by atoms with Crippen LogP contribution in [0.3, 0.4) is 0 Å². The van der Waals surface area contributed by atoms with E-state index in [2.05, 4.69) is 4.72 Å². The van der Waals surface area contributed by atoms with Gasteiger partial charge in [-0.1, -0.05) is 12.1 Å². The van der Waals surface area contributed by atoms with E-state index in [1.165, 1.54) is 18.2 Å². The molecular formula is C20H21NO6S. The van der Waals surface area contributed by atoms with Crippen LogP contribution in [0.4, 0.5) is 0 Å². The summed E-state index contributed by atoms with van der Waals surface area (Å²) in [5.41, 5.74) is 1.69. The highest BCUT2D eigenvalue weighted by Crippen LogP contribution is 2.27. The summed E-state index contributed by atoms with van der Waals surface area (Å²) < 4.78 is 38.5. The SMILES string of the molecule is CCOc1cccc(CCNS(=O)(=O)c2ccc3oc(C(=O)O)c(C)c3c2)c1. The van der Waals surface area contributed by atoms with Crippen molar-refractivity contribution in [3.05, 3.63) is 59.4 Å². The molecule has 0 saturated carbocycles. The summed E-state index contributed by atoms with van der Waals surface area (Å²) in [7, 11) is -3.74. The van der Waals surface area contributed by atoms with E-state index in [0.29, 0.717) is 29.6 Å². The van der Waals surface area contributed by atoms with E-state index >= 15 is 0 Å². The molecule has 3 rings (SSSR count). The molecule has 8 heteroatoms. The number of hydrogen-bond donors (Lipinski definition) is 2. The maximum absolute atomic E-state index is 12.6. The van der Waals surface area contributed by atoms with Gasteiger partial charge in [0, 0.05) is 17.5 Å². The minimum Gasteiger partial charge on any atom is -0.494 e. The standard InChI is InChI=1S/C20H21NO6S/c1-3-26-15-6-4-5-14(11-15)9-10-21-28(24,25)16-7-8-18-17(12-16)13(2)19(27-18)20(22)23/h4-8,11-12,21H,3,9-10H2,1-2H3,(H,22,23). The van der Waals surface area contributed by atoms with E-state index in [9.17, 15) is 13.2 Å². The van der Waals surface area contributed by atoms with Crippen molar-refractivity contribution in [2.24, 2.45) is 0 Å². The number of aromatic carboxylic acids is 1. The smallest absolute Gasteiger partial charge is 0.372 e. The quantitative estimate of drug-likeness (QED) is 0.597. The number of fused-ring (bicyclic) bond motifs is 1. The second-order valence-corrected chi connectivity index (χ2v) is 8.01. The van der Waals surface area contributed by atoms with Gasteiger partial charge in [-0.3, -0.25) is 0 Å². The topological polar surface area (TPSA) is 106 Å². The molecule has 1 aromatic heterocycles. The molecule has 0 atom stereocenters. The number of sulfonamides is 1. The predicted octanol–water partition coefficient (Wildman–Crippen LogP) is 3.36. The molecule has 0 aliphatic heterocycles. The molecule has 0 radical (unpaired) electrons. The molecule has 0 unspecified atom stereocenters. The van der Waals surface area contributed by atoms with Crippen LogP contribution in [0, 0.1) is 6.92 Å². The summed E-state index contributed by atoms with van der Waals surface area (Å²) in [6.45, 7) is 4.28. The molecule has 3 aromatic rings. The van der Waals surface area contributed by atoms with Crippen molar-refractivity contribution in [3.63, 3.8) is 0 Å². The molecule has 0 bridgehead atoms. The number of nitrogens with one attached hydrogen (secondary N) is 1. The number of carboxylic acid groups (broad SMARTS) is 1. The number of carbonyl (C=O) groups is 1. The van der Waals surface area contributed by atoms with Gasteiger partial charge in [0.05, 0.1) is 11.5 Å². The van der Waals surface area contributed by atoms with E-state index in [0.717, 1.165) is 11.3 Å². The molecule has 28 heavy (non-hydrogen) atoms. The second kappa shape index (κ2) is 8.04. The summed E-state index contributed by atoms with van der Waals surface area (Å²) in [5.74, 6) is -0.629. The highest BCUT2D eigenvalue weighted by molar-refractivity contribution is 7.89. The van der Waals surface area contributed by atoms with E-state index in [1.54, 1.807) is 6.92 Å². The van der Waals surface area contributed by atoms with Crippen LogP contribution in [0.25, 0.3) is 11.0 Å². The normalized spacial score (nSPS) is 11.6. The van der Waals surface area contributed by atoms with Crippen molar-refractivity contribution in [2.75, 3.05) is 13.2 Å². The van der Waals surface area contributed by atoms with Crippen LogP contribution in [0.2, 0.25) is 0 Å². The van der Waals surface area contributed by atoms with E-state index in [-0.39, 0.29) is 17.2 Å². The van der Waals surface area contributed by atoms with Crippen LogP contribution >= 0.6 is 0 Å². The third-order valence-corrected chi connectivity index (χ3v) is 5.79. The van der Waals surface area contributed by atoms with Gasteiger partial charge in [0.15, 0.2) is 0 Å². The first kappa shape index (κ1) is 19.9. The zero-order chi connectivity index (χ0) is 20.3. The first-order valence-electron chi connectivity index (χ1n) is 8.79. The number of carboxylic acids is 1. The summed E-state index contributed by atoms with van der Waals surface area (Å²) in [6, 6.07) is 11.8. The monoisotopic (exact) mass is 403 g/mol. The van der Waals surface area contributed by atoms with Gasteiger partial charge < -0.3 is 14.3 Å². The highest BCUT2D eigenvalue weighted by Gasteiger charge is 2.20. The van der Waals surface area contributed by atoms with Crippen molar-refractivity contribution < 1.29 is 27.5 Å². The fraction of sp³-hybridized carbons (Fsp3) is 0.250. The van der Waals surface area contributed by atoms with Gasteiger partial charge in [-0.15, -0.1) is 0 Å². The van der Waals surface area contributed by atoms with Crippen molar-refractivity contribution in [1.82, 2.24) is 4.72 Å². The lowest BCUT2D eigenvalue weighted by molar-refractivity contribution is 0.0664. The number of rotatable bonds is 8. The van der Waals surface area contributed by atoms with Crippen LogP contribution in [-0.2, 0) is 16.4 Å². The van der Waals surface area contributed by atoms with Gasteiger partial charge in [-0.05, 0) is 56.2 Å². The fourth-order valence-corrected chi connectivity index (χ4v) is 4.00. The Morgan fingerprint density at radius 3 is 2.71 bits per heavy atom. The maximum Gasteiger partial charge on any atom is 0.372 e. The molecular weight excluding hydrogens is 382 g/mol. The Hall–Kier alpha value is -2.84. The second-order valence-electron chi connectivity index (χ2n) is 6.25. The lowest BCUT2D eigenvalue weighted by Gasteiger charge is -2.08. The van der Waals surface area contributed by atoms with Gasteiger partial charge >= 0.3 is 5.97 Å². The summed E-state index contributed by atoms with van der Waals surface area (Å²) in [6.07, 6.45) is 0.510. The summed E-state index contributed by atoms with van der Waals surface area (Å²) in [4.78, 5) is 11.2. The average Bonchev–Trinajstić information content (AvgIpc) is 2.99. The molecule has 0 aliphatic rings. The van der Waals surface area contributed by atoms with E-state index < -0.39 is 16.0 Å². The summed E-state index contributed by atoms with van der Waals surface area (Å²) in [5, 5.41) is 9.60. The Morgan fingerprint density at radius 2 is 2.00 bits per heavy atom. The zero-order valence-electron chi connectivity index (χ0n) is 15.6. The number of aryl methyl sites for hydroxylation is 1. The summed E-state index contributed by atoms with van der Waals surface area (Å²) >= 11 is 0. The van der Waals surface area contributed by atoms with E-state index in [4.69, 9.17) is 14.3 Å². The first-order chi connectivity index (χ1) is 13.3. The lowest BCUT2D eigenvalue weighted by atomic mass is 10.1. The fourth-order valence-electron chi connectivity index (χ4n) is 2.94. The van der Waals surface area contributed by atoms with Gasteiger partial charge in [0.2, 0.25) is 15.8 Å². The molecule has 0 spiro atoms. The van der Waals surface area contributed by atoms with Crippen LogP contribution in [-0.4, -0.2) is 32.6 Å². The Kier molecular flexibility index (Phi) is 5.71. The van der Waals surface area contributed by atoms with Crippen molar-refractivity contribution in [3.8, 4) is 5.75 Å². The molecule has 0 saturated heterocycles. The third-order valence-electron chi connectivity index (χ3n) is 4.33. The molecule has 0 fully saturated rings. The first-order valence-corrected chi connectivity index (χ1v) is 10.3. The van der Waals surface area contributed by atoms with E-state index in [1.807, 2.05) is 31.2 Å². The molecule has 148 valence electrons. The van der Waals surface area contributed by atoms with Crippen LogP contribution in [0.5, 0.6) is 5.75 Å². The maximum atomic E-state index is 12.6. The molecule has 2 aromatic carbocycles. The average molecular weight is 403 g/mol. The third kappa shape index (κ3) is 4.18. The number of hydrogen-bond acceptors (Lipinski definition) is 5. The Morgan fingerprint density at radius 1 is 1.21 bits per heavy atom. The van der Waals surface area contributed by atoms with Crippen molar-refractivity contribution in [2.45, 2.75) is 25.2 Å². The lowest BCUT2D eigenvalue weighted by Crippen LogP contribution is -2.26. The van der Waals surface area contributed by atoms with Gasteiger partial charge in [-0.25, -0.2) is 17.9 Å².